The van der Waals surface area contributed by atoms with Gasteiger partial charge in [0.1, 0.15) is 5.56 Å². The molecule has 0 saturated heterocycles. The molecule has 1 aromatic heterocycles. The third kappa shape index (κ3) is 1.95. The van der Waals surface area contributed by atoms with Crippen LogP contribution in [-0.2, 0) is 0 Å². The molecular weight excluding hydrogens is 248 g/mol. The summed E-state index contributed by atoms with van der Waals surface area (Å²) in [6.07, 6.45) is 0. The molecule has 19 heavy (non-hydrogen) atoms. The SMILES string of the molecule is O=C(Nc1nn[nH]n1)c1c2cccccc-2[nH]c1=O. The van der Waals surface area contributed by atoms with Crippen molar-refractivity contribution in [2.24, 2.45) is 0 Å². The molecule has 0 radical (unpaired) electrons. The van der Waals surface area contributed by atoms with E-state index in [1.54, 1.807) is 30.3 Å². The zero-order chi connectivity index (χ0) is 13.2. The van der Waals surface area contributed by atoms with Crippen LogP contribution in [0, 0.1) is 0 Å². The molecule has 0 atom stereocenters. The van der Waals surface area contributed by atoms with Crippen molar-refractivity contribution in [3.05, 3.63) is 46.2 Å². The van der Waals surface area contributed by atoms with Crippen LogP contribution in [0.2, 0.25) is 0 Å². The van der Waals surface area contributed by atoms with E-state index in [1.807, 2.05) is 0 Å². The summed E-state index contributed by atoms with van der Waals surface area (Å²) < 4.78 is 0. The van der Waals surface area contributed by atoms with Crippen LogP contribution < -0.4 is 10.9 Å². The first-order valence-corrected chi connectivity index (χ1v) is 5.41. The van der Waals surface area contributed by atoms with Crippen molar-refractivity contribution in [3.8, 4) is 11.3 Å². The summed E-state index contributed by atoms with van der Waals surface area (Å²) in [7, 11) is 0. The van der Waals surface area contributed by atoms with Gasteiger partial charge >= 0.3 is 0 Å². The Labute approximate surface area is 106 Å². The molecule has 3 rings (SSSR count). The minimum Gasteiger partial charge on any atom is -0.321 e. The lowest BCUT2D eigenvalue weighted by Crippen LogP contribution is -2.20. The summed E-state index contributed by atoms with van der Waals surface area (Å²) >= 11 is 0. The average Bonchev–Trinajstić information content (AvgIpc) is 2.92. The Kier molecular flexibility index (Phi) is 2.53. The molecular formula is C11H8N6O2. The van der Waals surface area contributed by atoms with Crippen molar-refractivity contribution in [2.75, 3.05) is 5.32 Å². The molecule has 2 aliphatic rings. The fourth-order valence-electron chi connectivity index (χ4n) is 1.79. The molecule has 1 aliphatic carbocycles. The summed E-state index contributed by atoms with van der Waals surface area (Å²) in [5, 5.41) is 15.1. The number of hydrogen-bond acceptors (Lipinski definition) is 5. The van der Waals surface area contributed by atoms with E-state index in [0.717, 1.165) is 0 Å². The van der Waals surface area contributed by atoms with Gasteiger partial charge < -0.3 is 4.98 Å². The number of aromatic amines is 2. The lowest BCUT2D eigenvalue weighted by molar-refractivity contribution is 0.102. The van der Waals surface area contributed by atoms with Crippen LogP contribution in [0.25, 0.3) is 11.3 Å². The maximum atomic E-state index is 12.1. The molecule has 0 saturated carbocycles. The van der Waals surface area contributed by atoms with Gasteiger partial charge in [-0.15, -0.1) is 5.10 Å². The Bertz CT molecular complexity index is 748. The van der Waals surface area contributed by atoms with E-state index in [0.29, 0.717) is 11.3 Å². The van der Waals surface area contributed by atoms with E-state index < -0.39 is 11.5 Å². The van der Waals surface area contributed by atoms with Gasteiger partial charge in [-0.25, -0.2) is 0 Å². The lowest BCUT2D eigenvalue weighted by Gasteiger charge is -1.98. The molecule has 1 amide bonds. The Morgan fingerprint density at radius 3 is 2.84 bits per heavy atom. The van der Waals surface area contributed by atoms with Gasteiger partial charge in [0.15, 0.2) is 0 Å². The van der Waals surface area contributed by atoms with Gasteiger partial charge in [-0.3, -0.25) is 14.9 Å². The predicted octanol–water partition coefficient (Wildman–Crippen LogP) is 0.245. The first kappa shape index (κ1) is 11.1. The normalized spacial score (nSPS) is 10.5. The number of nitrogens with zero attached hydrogens (tertiary/aromatic N) is 3. The number of tetrazole rings is 1. The fourth-order valence-corrected chi connectivity index (χ4v) is 1.79. The van der Waals surface area contributed by atoms with Gasteiger partial charge in [0.05, 0.1) is 0 Å². The smallest absolute Gasteiger partial charge is 0.270 e. The minimum atomic E-state index is -0.580. The Hall–Kier alpha value is -3.03. The zero-order valence-electron chi connectivity index (χ0n) is 9.54. The second-order valence-electron chi connectivity index (χ2n) is 3.76. The van der Waals surface area contributed by atoms with Crippen molar-refractivity contribution in [1.29, 1.82) is 0 Å². The molecule has 1 aliphatic heterocycles. The van der Waals surface area contributed by atoms with E-state index in [4.69, 9.17) is 0 Å². The number of carbonyl (C=O) groups is 1. The molecule has 94 valence electrons. The molecule has 0 aromatic carbocycles. The number of nitrogens with one attached hydrogen (secondary N) is 3. The molecule has 0 bridgehead atoms. The van der Waals surface area contributed by atoms with Gasteiger partial charge in [-0.05, 0) is 11.3 Å². The van der Waals surface area contributed by atoms with Crippen LogP contribution in [-0.4, -0.2) is 31.5 Å². The highest BCUT2D eigenvalue weighted by Crippen LogP contribution is 2.20. The molecule has 3 N–H and O–H groups in total. The number of aromatic nitrogens is 5. The number of anilines is 1. The van der Waals surface area contributed by atoms with Gasteiger partial charge in [0.25, 0.3) is 17.4 Å². The molecule has 0 unspecified atom stereocenters. The molecule has 0 spiro atoms. The first-order valence-electron chi connectivity index (χ1n) is 5.41. The van der Waals surface area contributed by atoms with Crippen molar-refractivity contribution < 1.29 is 4.79 Å². The van der Waals surface area contributed by atoms with Crippen molar-refractivity contribution in [3.63, 3.8) is 0 Å². The van der Waals surface area contributed by atoms with Crippen LogP contribution in [0.5, 0.6) is 0 Å². The molecule has 0 fully saturated rings. The Balaban J connectivity index is 2.05. The van der Waals surface area contributed by atoms with Crippen LogP contribution in [0.15, 0.2) is 35.1 Å². The van der Waals surface area contributed by atoms with Gasteiger partial charge in [0, 0.05) is 11.3 Å². The van der Waals surface area contributed by atoms with E-state index in [1.165, 1.54) is 0 Å². The zero-order valence-corrected chi connectivity index (χ0v) is 9.54. The third-order valence-electron chi connectivity index (χ3n) is 2.58. The first-order chi connectivity index (χ1) is 9.25. The fraction of sp³-hybridized carbons (Fsp3) is 0. The number of hydrogen-bond donors (Lipinski definition) is 3. The second-order valence-corrected chi connectivity index (χ2v) is 3.76. The lowest BCUT2D eigenvalue weighted by atomic mass is 10.1. The summed E-state index contributed by atoms with van der Waals surface area (Å²) in [5.74, 6) is -0.567. The van der Waals surface area contributed by atoms with Crippen LogP contribution in [0.4, 0.5) is 5.95 Å². The summed E-state index contributed by atoms with van der Waals surface area (Å²) in [6.45, 7) is 0. The van der Waals surface area contributed by atoms with Crippen molar-refractivity contribution in [1.82, 2.24) is 25.6 Å². The maximum Gasteiger partial charge on any atom is 0.270 e. The maximum absolute atomic E-state index is 12.1. The Morgan fingerprint density at radius 2 is 2.05 bits per heavy atom. The van der Waals surface area contributed by atoms with E-state index in [9.17, 15) is 9.59 Å². The minimum absolute atomic E-state index is 0.0130. The van der Waals surface area contributed by atoms with E-state index in [2.05, 4.69) is 30.9 Å². The van der Waals surface area contributed by atoms with Crippen molar-refractivity contribution in [2.45, 2.75) is 0 Å². The van der Waals surface area contributed by atoms with E-state index >= 15 is 0 Å². The van der Waals surface area contributed by atoms with E-state index in [-0.39, 0.29) is 11.5 Å². The predicted molar refractivity (Wildman–Crippen MR) is 65.8 cm³/mol. The number of carbonyl (C=O) groups excluding carboxylic acids is 1. The highest BCUT2D eigenvalue weighted by molar-refractivity contribution is 6.07. The van der Waals surface area contributed by atoms with Gasteiger partial charge in [0.2, 0.25) is 0 Å². The number of fused-ring (bicyclic) bond motifs is 1. The molecule has 8 heteroatoms. The average molecular weight is 256 g/mol. The number of rotatable bonds is 2. The number of amides is 1. The Morgan fingerprint density at radius 1 is 1.21 bits per heavy atom. The van der Waals surface area contributed by atoms with Gasteiger partial charge in [-0.1, -0.05) is 29.4 Å². The molecule has 2 heterocycles. The quantitative estimate of drug-likeness (QED) is 0.607. The summed E-state index contributed by atoms with van der Waals surface area (Å²) in [4.78, 5) is 26.5. The van der Waals surface area contributed by atoms with Crippen LogP contribution >= 0.6 is 0 Å². The summed E-state index contributed by atoms with van der Waals surface area (Å²) in [5.41, 5.74) is 0.697. The summed E-state index contributed by atoms with van der Waals surface area (Å²) in [6, 6.07) is 8.75. The largest absolute Gasteiger partial charge is 0.321 e. The second kappa shape index (κ2) is 4.33. The highest BCUT2D eigenvalue weighted by Gasteiger charge is 2.21. The van der Waals surface area contributed by atoms with Crippen LogP contribution in [0.1, 0.15) is 10.4 Å². The van der Waals surface area contributed by atoms with Gasteiger partial charge in [-0.2, -0.15) is 5.21 Å². The topological polar surface area (TPSA) is 116 Å². The highest BCUT2D eigenvalue weighted by atomic mass is 16.2. The molecule has 8 nitrogen and oxygen atoms in total. The standard InChI is InChI=1S/C11H8N6O2/c18-9-8(10(19)13-11-14-16-17-15-11)6-4-2-1-3-5-7(6)12-9/h1-5H,(H,12,18)(H2,13,14,15,16,17,19). The third-order valence-corrected chi connectivity index (χ3v) is 2.58. The number of H-pyrrole nitrogens is 2. The van der Waals surface area contributed by atoms with Crippen LogP contribution in [0.3, 0.4) is 0 Å². The molecule has 1 aromatic rings. The van der Waals surface area contributed by atoms with Crippen molar-refractivity contribution >= 4 is 11.9 Å². The monoisotopic (exact) mass is 256 g/mol.